The average molecular weight is 424 g/mol. The molecule has 1 N–H and O–H groups in total. The summed E-state index contributed by atoms with van der Waals surface area (Å²) in [6, 6.07) is 14.2. The molecule has 0 fully saturated rings. The molecule has 2 aromatic carbocycles. The number of hydrogen-bond donors (Lipinski definition) is 1. The number of halogens is 1. The van der Waals surface area contributed by atoms with Gasteiger partial charge in [0.25, 0.3) is 0 Å². The van der Waals surface area contributed by atoms with Crippen molar-refractivity contribution in [3.63, 3.8) is 0 Å². The average Bonchev–Trinajstić information content (AvgIpc) is 2.67. The van der Waals surface area contributed by atoms with Gasteiger partial charge in [0.1, 0.15) is 0 Å². The normalized spacial score (nSPS) is 11.4. The van der Waals surface area contributed by atoms with E-state index >= 15 is 0 Å². The smallest absolute Gasteiger partial charge is 0.305 e. The number of carbonyl (C=O) groups excluding carboxylic acids is 1. The van der Waals surface area contributed by atoms with Gasteiger partial charge < -0.3 is 4.74 Å². The second-order valence-electron chi connectivity index (χ2n) is 6.43. The van der Waals surface area contributed by atoms with Gasteiger partial charge in [-0.2, -0.15) is 0 Å². The zero-order chi connectivity index (χ0) is 20.4. The molecule has 0 aromatic heterocycles. The molecule has 0 aliphatic carbocycles. The lowest BCUT2D eigenvalue weighted by molar-refractivity contribution is -0.143. The van der Waals surface area contributed by atoms with Gasteiger partial charge in [0, 0.05) is 18.0 Å². The van der Waals surface area contributed by atoms with Gasteiger partial charge in [-0.15, -0.1) is 0 Å². The summed E-state index contributed by atoms with van der Waals surface area (Å²) in [6.45, 7) is 2.56. The molecule has 28 heavy (non-hydrogen) atoms. The van der Waals surface area contributed by atoms with Crippen molar-refractivity contribution >= 4 is 27.6 Å². The zero-order valence-corrected chi connectivity index (χ0v) is 17.6. The van der Waals surface area contributed by atoms with Crippen LogP contribution in [0.2, 0.25) is 5.02 Å². The summed E-state index contributed by atoms with van der Waals surface area (Å²) in [5.41, 5.74) is 2.27. The molecule has 0 spiro atoms. The first-order valence-electron chi connectivity index (χ1n) is 9.39. The summed E-state index contributed by atoms with van der Waals surface area (Å²) in [5.74, 6) is -0.140. The first-order chi connectivity index (χ1) is 13.4. The van der Waals surface area contributed by atoms with E-state index in [1.165, 1.54) is 17.7 Å². The molecule has 2 rings (SSSR count). The number of rotatable bonds is 11. The van der Waals surface area contributed by atoms with E-state index in [9.17, 15) is 13.2 Å². The molecule has 0 atom stereocenters. The SMILES string of the molecule is CCOC(=O)CCCCc1ccc(CCNS(=O)(=O)c2ccc(Cl)cc2)cc1. The first-order valence-corrected chi connectivity index (χ1v) is 11.3. The Morgan fingerprint density at radius 2 is 1.57 bits per heavy atom. The fourth-order valence-electron chi connectivity index (χ4n) is 2.73. The van der Waals surface area contributed by atoms with E-state index in [2.05, 4.69) is 4.72 Å². The van der Waals surface area contributed by atoms with Crippen molar-refractivity contribution in [2.45, 2.75) is 43.9 Å². The molecular weight excluding hydrogens is 398 g/mol. The Morgan fingerprint density at radius 1 is 0.964 bits per heavy atom. The van der Waals surface area contributed by atoms with E-state index < -0.39 is 10.0 Å². The number of aryl methyl sites for hydroxylation is 1. The summed E-state index contributed by atoms with van der Waals surface area (Å²) < 4.78 is 32.0. The second kappa shape index (κ2) is 11.2. The Bertz CT molecular complexity index is 849. The number of hydrogen-bond acceptors (Lipinski definition) is 4. The molecule has 7 heteroatoms. The number of benzene rings is 2. The molecule has 2 aromatic rings. The molecule has 0 aliphatic rings. The highest BCUT2D eigenvalue weighted by atomic mass is 35.5. The van der Waals surface area contributed by atoms with Crippen LogP contribution in [0.3, 0.4) is 0 Å². The lowest BCUT2D eigenvalue weighted by Crippen LogP contribution is -2.25. The Kier molecular flexibility index (Phi) is 8.96. The summed E-state index contributed by atoms with van der Waals surface area (Å²) in [6.07, 6.45) is 3.71. The molecular formula is C21H26ClNO4S. The van der Waals surface area contributed by atoms with Gasteiger partial charge in [-0.3, -0.25) is 4.79 Å². The molecule has 0 saturated carbocycles. The van der Waals surface area contributed by atoms with Crippen LogP contribution in [0.5, 0.6) is 0 Å². The number of unbranched alkanes of at least 4 members (excludes halogenated alkanes) is 1. The van der Waals surface area contributed by atoms with E-state index in [4.69, 9.17) is 16.3 Å². The summed E-state index contributed by atoms with van der Waals surface area (Å²) in [5, 5.41) is 0.500. The van der Waals surface area contributed by atoms with E-state index in [0.29, 0.717) is 31.0 Å². The van der Waals surface area contributed by atoms with Gasteiger partial charge in [-0.25, -0.2) is 13.1 Å². The minimum atomic E-state index is -3.53. The number of carbonyl (C=O) groups is 1. The molecule has 5 nitrogen and oxygen atoms in total. The highest BCUT2D eigenvalue weighted by Gasteiger charge is 2.12. The van der Waals surface area contributed by atoms with E-state index in [-0.39, 0.29) is 10.9 Å². The highest BCUT2D eigenvalue weighted by Crippen LogP contribution is 2.14. The summed E-state index contributed by atoms with van der Waals surface area (Å²) in [7, 11) is -3.53. The maximum atomic E-state index is 12.2. The molecule has 0 radical (unpaired) electrons. The van der Waals surface area contributed by atoms with Crippen molar-refractivity contribution in [2.24, 2.45) is 0 Å². The second-order valence-corrected chi connectivity index (χ2v) is 8.63. The number of sulfonamides is 1. The van der Waals surface area contributed by atoms with Gasteiger partial charge in [0.05, 0.1) is 11.5 Å². The van der Waals surface area contributed by atoms with Crippen LogP contribution in [0.15, 0.2) is 53.4 Å². The lowest BCUT2D eigenvalue weighted by atomic mass is 10.0. The van der Waals surface area contributed by atoms with Crippen LogP contribution in [0.25, 0.3) is 0 Å². The fourth-order valence-corrected chi connectivity index (χ4v) is 3.89. The van der Waals surface area contributed by atoms with Gasteiger partial charge in [-0.1, -0.05) is 35.9 Å². The molecule has 0 heterocycles. The van der Waals surface area contributed by atoms with Crippen molar-refractivity contribution in [2.75, 3.05) is 13.2 Å². The van der Waals surface area contributed by atoms with E-state index in [1.807, 2.05) is 31.2 Å². The Labute approximate surface area is 172 Å². The van der Waals surface area contributed by atoms with Crippen LogP contribution < -0.4 is 4.72 Å². The minimum Gasteiger partial charge on any atom is -0.466 e. The van der Waals surface area contributed by atoms with Crippen LogP contribution in [0.1, 0.15) is 37.3 Å². The van der Waals surface area contributed by atoms with Crippen molar-refractivity contribution in [3.05, 3.63) is 64.7 Å². The van der Waals surface area contributed by atoms with Crippen LogP contribution >= 0.6 is 11.6 Å². The molecule has 0 amide bonds. The van der Waals surface area contributed by atoms with Crippen LogP contribution in [0, 0.1) is 0 Å². The van der Waals surface area contributed by atoms with Gasteiger partial charge in [-0.05, 0) is 68.0 Å². The fraction of sp³-hybridized carbons (Fsp3) is 0.381. The molecule has 0 unspecified atom stereocenters. The third kappa shape index (κ3) is 7.62. The number of nitrogens with one attached hydrogen (secondary N) is 1. The zero-order valence-electron chi connectivity index (χ0n) is 16.0. The first kappa shape index (κ1) is 22.4. The number of esters is 1. The van der Waals surface area contributed by atoms with Gasteiger partial charge >= 0.3 is 5.97 Å². The summed E-state index contributed by atoms with van der Waals surface area (Å²) >= 11 is 5.79. The van der Waals surface area contributed by atoms with Crippen molar-refractivity contribution in [3.8, 4) is 0 Å². The minimum absolute atomic E-state index is 0.140. The topological polar surface area (TPSA) is 72.5 Å². The van der Waals surface area contributed by atoms with E-state index in [1.54, 1.807) is 12.1 Å². The van der Waals surface area contributed by atoms with Gasteiger partial charge in [0.2, 0.25) is 10.0 Å². The van der Waals surface area contributed by atoms with Gasteiger partial charge in [0.15, 0.2) is 0 Å². The molecule has 0 aliphatic heterocycles. The van der Waals surface area contributed by atoms with E-state index in [0.717, 1.165) is 24.8 Å². The molecule has 152 valence electrons. The standard InChI is InChI=1S/C21H26ClNO4S/c1-2-27-21(24)6-4-3-5-17-7-9-18(10-8-17)15-16-23-28(25,26)20-13-11-19(22)12-14-20/h7-14,23H,2-6,15-16H2,1H3. The summed E-state index contributed by atoms with van der Waals surface area (Å²) in [4.78, 5) is 11.5. The predicted molar refractivity (Wildman–Crippen MR) is 111 cm³/mol. The predicted octanol–water partition coefficient (Wildman–Crippen LogP) is 4.14. The van der Waals surface area contributed by atoms with Crippen LogP contribution in [0.4, 0.5) is 0 Å². The van der Waals surface area contributed by atoms with Crippen molar-refractivity contribution < 1.29 is 17.9 Å². The quantitative estimate of drug-likeness (QED) is 0.435. The highest BCUT2D eigenvalue weighted by molar-refractivity contribution is 7.89. The maximum Gasteiger partial charge on any atom is 0.305 e. The Hall–Kier alpha value is -1.89. The largest absolute Gasteiger partial charge is 0.466 e. The third-order valence-electron chi connectivity index (χ3n) is 4.25. The maximum absolute atomic E-state index is 12.2. The van der Waals surface area contributed by atoms with Crippen LogP contribution in [-0.4, -0.2) is 27.5 Å². The van der Waals surface area contributed by atoms with Crippen LogP contribution in [-0.2, 0) is 32.4 Å². The molecule has 0 bridgehead atoms. The Balaban J connectivity index is 1.73. The molecule has 0 saturated heterocycles. The van der Waals surface area contributed by atoms with Crippen molar-refractivity contribution in [1.29, 1.82) is 0 Å². The Morgan fingerprint density at radius 3 is 2.18 bits per heavy atom. The van der Waals surface area contributed by atoms with Crippen molar-refractivity contribution in [1.82, 2.24) is 4.72 Å². The third-order valence-corrected chi connectivity index (χ3v) is 5.98. The number of ether oxygens (including phenoxy) is 1. The monoisotopic (exact) mass is 423 g/mol. The lowest BCUT2D eigenvalue weighted by Gasteiger charge is -2.08.